The summed E-state index contributed by atoms with van der Waals surface area (Å²) >= 11 is 0. The van der Waals surface area contributed by atoms with Crippen LogP contribution in [0.25, 0.3) is 10.9 Å². The van der Waals surface area contributed by atoms with Gasteiger partial charge < -0.3 is 5.32 Å². The predicted octanol–water partition coefficient (Wildman–Crippen LogP) is 2.48. The third-order valence-electron chi connectivity index (χ3n) is 3.75. The molecule has 4 nitrogen and oxygen atoms in total. The fourth-order valence-electron chi connectivity index (χ4n) is 2.39. The van der Waals surface area contributed by atoms with Crippen molar-refractivity contribution < 1.29 is 4.79 Å². The molecule has 1 aliphatic carbocycles. The molecule has 4 heteroatoms. The number of para-hydroxylation sites is 1. The number of aromatic amines is 1. The number of aromatic nitrogens is 2. The molecule has 0 unspecified atom stereocenters. The van der Waals surface area contributed by atoms with Crippen LogP contribution in [0.3, 0.4) is 0 Å². The van der Waals surface area contributed by atoms with Crippen molar-refractivity contribution in [1.29, 1.82) is 0 Å². The van der Waals surface area contributed by atoms with Gasteiger partial charge in [-0.05, 0) is 18.4 Å². The molecule has 1 amide bonds. The Kier molecular flexibility index (Phi) is 3.00. The summed E-state index contributed by atoms with van der Waals surface area (Å²) in [5.41, 5.74) is 1.40. The second-order valence-electron chi connectivity index (χ2n) is 4.96. The Morgan fingerprint density at radius 1 is 1.39 bits per heavy atom. The van der Waals surface area contributed by atoms with E-state index in [1.165, 1.54) is 19.3 Å². The summed E-state index contributed by atoms with van der Waals surface area (Å²) in [4.78, 5) is 12.0. The monoisotopic (exact) mass is 243 g/mol. The van der Waals surface area contributed by atoms with Crippen LogP contribution in [0.5, 0.6) is 0 Å². The van der Waals surface area contributed by atoms with Crippen LogP contribution in [0.2, 0.25) is 0 Å². The molecule has 0 saturated heterocycles. The molecule has 3 rings (SSSR count). The minimum absolute atomic E-state index is 0.0771. The summed E-state index contributed by atoms with van der Waals surface area (Å²) in [5, 5.41) is 10.8. The normalized spacial score (nSPS) is 15.6. The van der Waals surface area contributed by atoms with Crippen LogP contribution in [0.4, 0.5) is 0 Å². The van der Waals surface area contributed by atoms with Crippen LogP contribution in [0.15, 0.2) is 24.3 Å². The van der Waals surface area contributed by atoms with Gasteiger partial charge in [-0.15, -0.1) is 0 Å². The average Bonchev–Trinajstić information content (AvgIpc) is 2.76. The molecule has 0 atom stereocenters. The molecule has 0 bridgehead atoms. The van der Waals surface area contributed by atoms with E-state index in [2.05, 4.69) is 15.5 Å². The fraction of sp³-hybridized carbons (Fsp3) is 0.429. The molecule has 2 aromatic rings. The highest BCUT2D eigenvalue weighted by atomic mass is 16.1. The quantitative estimate of drug-likeness (QED) is 0.866. The van der Waals surface area contributed by atoms with Gasteiger partial charge in [0.15, 0.2) is 5.69 Å². The average molecular weight is 243 g/mol. The smallest absolute Gasteiger partial charge is 0.272 e. The predicted molar refractivity (Wildman–Crippen MR) is 70.4 cm³/mol. The maximum Gasteiger partial charge on any atom is 0.272 e. The second-order valence-corrected chi connectivity index (χ2v) is 4.96. The number of hydrogen-bond donors (Lipinski definition) is 2. The van der Waals surface area contributed by atoms with E-state index in [9.17, 15) is 4.79 Å². The first kappa shape index (κ1) is 11.3. The fourth-order valence-corrected chi connectivity index (χ4v) is 2.39. The minimum Gasteiger partial charge on any atom is -0.351 e. The van der Waals surface area contributed by atoms with Gasteiger partial charge in [0.05, 0.1) is 5.52 Å². The van der Waals surface area contributed by atoms with Crippen molar-refractivity contribution in [1.82, 2.24) is 15.5 Å². The number of carbonyl (C=O) groups excluding carboxylic acids is 1. The van der Waals surface area contributed by atoms with Gasteiger partial charge in [-0.2, -0.15) is 5.10 Å². The van der Waals surface area contributed by atoms with E-state index < -0.39 is 0 Å². The summed E-state index contributed by atoms with van der Waals surface area (Å²) in [6.07, 6.45) is 5.08. The highest BCUT2D eigenvalue weighted by molar-refractivity contribution is 6.04. The molecule has 0 spiro atoms. The number of fused-ring (bicyclic) bond motifs is 1. The van der Waals surface area contributed by atoms with E-state index in [1.54, 1.807) is 0 Å². The SMILES string of the molecule is O=C(NCCC1CCC1)c1n[nH]c2ccccc12. The van der Waals surface area contributed by atoms with Crippen LogP contribution in [-0.2, 0) is 0 Å². The van der Waals surface area contributed by atoms with Crippen molar-refractivity contribution in [2.24, 2.45) is 5.92 Å². The lowest BCUT2D eigenvalue weighted by Gasteiger charge is -2.24. The number of H-pyrrole nitrogens is 1. The van der Waals surface area contributed by atoms with Crippen molar-refractivity contribution in [3.63, 3.8) is 0 Å². The lowest BCUT2D eigenvalue weighted by atomic mass is 9.83. The lowest BCUT2D eigenvalue weighted by molar-refractivity contribution is 0.0945. The minimum atomic E-state index is -0.0771. The van der Waals surface area contributed by atoms with E-state index in [0.717, 1.165) is 29.8 Å². The van der Waals surface area contributed by atoms with Crippen molar-refractivity contribution in [3.8, 4) is 0 Å². The van der Waals surface area contributed by atoms with Gasteiger partial charge in [-0.25, -0.2) is 0 Å². The van der Waals surface area contributed by atoms with E-state index in [4.69, 9.17) is 0 Å². The van der Waals surface area contributed by atoms with Crippen LogP contribution in [0, 0.1) is 5.92 Å². The summed E-state index contributed by atoms with van der Waals surface area (Å²) in [5.74, 6) is 0.744. The van der Waals surface area contributed by atoms with E-state index >= 15 is 0 Å². The molecule has 18 heavy (non-hydrogen) atoms. The van der Waals surface area contributed by atoms with Crippen LogP contribution in [-0.4, -0.2) is 22.6 Å². The third kappa shape index (κ3) is 2.10. The Bertz CT molecular complexity index is 557. The molecule has 1 heterocycles. The zero-order valence-electron chi connectivity index (χ0n) is 10.3. The summed E-state index contributed by atoms with van der Waals surface area (Å²) in [6, 6.07) is 7.69. The number of benzene rings is 1. The molecule has 1 aromatic heterocycles. The molecular weight excluding hydrogens is 226 g/mol. The number of nitrogens with zero attached hydrogens (tertiary/aromatic N) is 1. The van der Waals surface area contributed by atoms with Gasteiger partial charge >= 0.3 is 0 Å². The Morgan fingerprint density at radius 2 is 2.22 bits per heavy atom. The topological polar surface area (TPSA) is 57.8 Å². The molecule has 1 saturated carbocycles. The number of nitrogens with one attached hydrogen (secondary N) is 2. The van der Waals surface area contributed by atoms with Crippen molar-refractivity contribution >= 4 is 16.8 Å². The summed E-state index contributed by atoms with van der Waals surface area (Å²) in [7, 11) is 0. The van der Waals surface area contributed by atoms with Gasteiger partial charge in [0.1, 0.15) is 0 Å². The van der Waals surface area contributed by atoms with Gasteiger partial charge in [0.25, 0.3) is 5.91 Å². The van der Waals surface area contributed by atoms with Gasteiger partial charge in [0.2, 0.25) is 0 Å². The first-order chi connectivity index (χ1) is 8.84. The third-order valence-corrected chi connectivity index (χ3v) is 3.75. The number of carbonyl (C=O) groups is 1. The Balaban J connectivity index is 1.64. The summed E-state index contributed by atoms with van der Waals surface area (Å²) < 4.78 is 0. The molecule has 0 radical (unpaired) electrons. The van der Waals surface area contributed by atoms with E-state index in [1.807, 2.05) is 24.3 Å². The van der Waals surface area contributed by atoms with Crippen LogP contribution in [0.1, 0.15) is 36.2 Å². The van der Waals surface area contributed by atoms with E-state index in [-0.39, 0.29) is 5.91 Å². The number of hydrogen-bond acceptors (Lipinski definition) is 2. The van der Waals surface area contributed by atoms with Crippen molar-refractivity contribution in [2.45, 2.75) is 25.7 Å². The largest absolute Gasteiger partial charge is 0.351 e. The van der Waals surface area contributed by atoms with Crippen LogP contribution < -0.4 is 5.32 Å². The molecule has 1 fully saturated rings. The lowest BCUT2D eigenvalue weighted by Crippen LogP contribution is -2.27. The zero-order valence-corrected chi connectivity index (χ0v) is 10.3. The number of rotatable bonds is 4. The highest BCUT2D eigenvalue weighted by Gasteiger charge is 2.18. The summed E-state index contributed by atoms with van der Waals surface area (Å²) in [6.45, 7) is 0.755. The standard InChI is InChI=1S/C14H17N3O/c18-14(15-9-8-10-4-3-5-10)13-11-6-1-2-7-12(11)16-17-13/h1-2,6-7,10H,3-5,8-9H2,(H,15,18)(H,16,17). The number of amides is 1. The molecule has 94 valence electrons. The van der Waals surface area contributed by atoms with Gasteiger partial charge in [-0.1, -0.05) is 37.5 Å². The molecule has 0 aliphatic heterocycles. The Hall–Kier alpha value is -1.84. The first-order valence-corrected chi connectivity index (χ1v) is 6.56. The zero-order chi connectivity index (χ0) is 12.4. The maximum absolute atomic E-state index is 12.0. The molecule has 1 aromatic carbocycles. The Labute approximate surface area is 106 Å². The van der Waals surface area contributed by atoms with Crippen molar-refractivity contribution in [3.05, 3.63) is 30.0 Å². The Morgan fingerprint density at radius 3 is 3.00 bits per heavy atom. The van der Waals surface area contributed by atoms with Gasteiger partial charge in [0, 0.05) is 11.9 Å². The van der Waals surface area contributed by atoms with Crippen molar-refractivity contribution in [2.75, 3.05) is 6.54 Å². The molecule has 2 N–H and O–H groups in total. The second kappa shape index (κ2) is 4.80. The first-order valence-electron chi connectivity index (χ1n) is 6.56. The maximum atomic E-state index is 12.0. The van der Waals surface area contributed by atoms with Gasteiger partial charge in [-0.3, -0.25) is 9.89 Å². The van der Waals surface area contributed by atoms with Crippen LogP contribution >= 0.6 is 0 Å². The van der Waals surface area contributed by atoms with E-state index in [0.29, 0.717) is 5.69 Å². The highest BCUT2D eigenvalue weighted by Crippen LogP contribution is 2.28. The molecular formula is C14H17N3O. The molecule has 1 aliphatic rings.